The van der Waals surface area contributed by atoms with E-state index in [2.05, 4.69) is 53.0 Å². The fourth-order valence-corrected chi connectivity index (χ4v) is 3.18. The maximum Gasteiger partial charge on any atom is 0.0499 e. The van der Waals surface area contributed by atoms with Crippen LogP contribution in [0.3, 0.4) is 0 Å². The number of rotatable bonds is 5. The molecule has 0 amide bonds. The van der Waals surface area contributed by atoms with Gasteiger partial charge in [0.15, 0.2) is 0 Å². The van der Waals surface area contributed by atoms with Crippen LogP contribution < -0.4 is 0 Å². The van der Waals surface area contributed by atoms with Crippen LogP contribution in [0.1, 0.15) is 30.4 Å². The summed E-state index contributed by atoms with van der Waals surface area (Å²) in [7, 11) is 2.15. The highest BCUT2D eigenvalue weighted by Gasteiger charge is 2.37. The van der Waals surface area contributed by atoms with Crippen molar-refractivity contribution in [1.82, 2.24) is 4.90 Å². The Balaban J connectivity index is 1.98. The van der Waals surface area contributed by atoms with Gasteiger partial charge in [0, 0.05) is 29.6 Å². The molecule has 0 bridgehead atoms. The van der Waals surface area contributed by atoms with Gasteiger partial charge in [-0.1, -0.05) is 28.4 Å². The lowest BCUT2D eigenvalue weighted by Crippen LogP contribution is -2.43. The summed E-state index contributed by atoms with van der Waals surface area (Å²) >= 11 is 3.53. The Morgan fingerprint density at radius 2 is 2.11 bits per heavy atom. The molecule has 1 aliphatic rings. The first-order chi connectivity index (χ1) is 8.54. The third-order valence-corrected chi connectivity index (χ3v) is 4.60. The van der Waals surface area contributed by atoms with Gasteiger partial charge in [0.05, 0.1) is 0 Å². The molecule has 3 heteroatoms. The van der Waals surface area contributed by atoms with Gasteiger partial charge in [0.1, 0.15) is 0 Å². The van der Waals surface area contributed by atoms with Crippen LogP contribution in [0.2, 0.25) is 0 Å². The Kier molecular flexibility index (Phi) is 4.46. The van der Waals surface area contributed by atoms with Crippen molar-refractivity contribution >= 4 is 15.9 Å². The van der Waals surface area contributed by atoms with Gasteiger partial charge >= 0.3 is 0 Å². The molecule has 18 heavy (non-hydrogen) atoms. The van der Waals surface area contributed by atoms with Crippen molar-refractivity contribution in [3.63, 3.8) is 0 Å². The smallest absolute Gasteiger partial charge is 0.0499 e. The largest absolute Gasteiger partial charge is 0.396 e. The first-order valence-electron chi connectivity index (χ1n) is 6.59. The van der Waals surface area contributed by atoms with E-state index in [1.807, 2.05) is 0 Å². The monoisotopic (exact) mass is 311 g/mol. The number of aliphatic hydroxyl groups is 1. The molecule has 100 valence electrons. The molecule has 0 saturated heterocycles. The molecule has 0 unspecified atom stereocenters. The van der Waals surface area contributed by atoms with Gasteiger partial charge < -0.3 is 10.0 Å². The molecule has 0 radical (unpaired) electrons. The summed E-state index contributed by atoms with van der Waals surface area (Å²) in [5.74, 6) is 0. The van der Waals surface area contributed by atoms with Crippen molar-refractivity contribution < 1.29 is 5.11 Å². The average Bonchev–Trinajstić information content (AvgIpc) is 2.28. The van der Waals surface area contributed by atoms with Crippen molar-refractivity contribution in [2.45, 2.75) is 32.7 Å². The highest BCUT2D eigenvalue weighted by Crippen LogP contribution is 2.41. The van der Waals surface area contributed by atoms with Crippen LogP contribution in [0.5, 0.6) is 0 Å². The van der Waals surface area contributed by atoms with E-state index in [-0.39, 0.29) is 5.41 Å². The second-order valence-electron chi connectivity index (χ2n) is 5.75. The molecular weight excluding hydrogens is 290 g/mol. The van der Waals surface area contributed by atoms with Gasteiger partial charge in [-0.15, -0.1) is 0 Å². The lowest BCUT2D eigenvalue weighted by atomic mass is 9.69. The standard InChI is InChI=1S/C15H22BrNO/c1-12-4-5-14(16)8-13(12)9-17(2)10-15(11-18)6-3-7-15/h4-5,8,18H,3,6-7,9-11H2,1-2H3. The van der Waals surface area contributed by atoms with Crippen molar-refractivity contribution in [2.24, 2.45) is 5.41 Å². The predicted molar refractivity (Wildman–Crippen MR) is 78.6 cm³/mol. The first-order valence-corrected chi connectivity index (χ1v) is 7.38. The summed E-state index contributed by atoms with van der Waals surface area (Å²) in [5, 5.41) is 9.52. The van der Waals surface area contributed by atoms with E-state index in [0.717, 1.165) is 17.6 Å². The fraction of sp³-hybridized carbons (Fsp3) is 0.600. The molecule has 0 aromatic heterocycles. The molecule has 1 aromatic rings. The Morgan fingerprint density at radius 3 is 2.67 bits per heavy atom. The molecule has 2 nitrogen and oxygen atoms in total. The fourth-order valence-electron chi connectivity index (χ4n) is 2.77. The molecule has 0 aliphatic heterocycles. The summed E-state index contributed by atoms with van der Waals surface area (Å²) in [4.78, 5) is 2.34. The maximum atomic E-state index is 9.52. The van der Waals surface area contributed by atoms with Gasteiger partial charge in [0.2, 0.25) is 0 Å². The quantitative estimate of drug-likeness (QED) is 0.901. The normalized spacial score (nSPS) is 17.8. The van der Waals surface area contributed by atoms with E-state index in [9.17, 15) is 5.11 Å². The van der Waals surface area contributed by atoms with Crippen LogP contribution in [-0.4, -0.2) is 30.2 Å². The second-order valence-corrected chi connectivity index (χ2v) is 6.67. The van der Waals surface area contributed by atoms with E-state index >= 15 is 0 Å². The second kappa shape index (κ2) is 5.72. The van der Waals surface area contributed by atoms with Crippen molar-refractivity contribution in [3.8, 4) is 0 Å². The number of hydrogen-bond acceptors (Lipinski definition) is 2. The maximum absolute atomic E-state index is 9.52. The summed E-state index contributed by atoms with van der Waals surface area (Å²) in [6.45, 7) is 4.43. The van der Waals surface area contributed by atoms with Gasteiger partial charge in [-0.2, -0.15) is 0 Å². The van der Waals surface area contributed by atoms with Crippen molar-refractivity contribution in [2.75, 3.05) is 20.2 Å². The molecule has 2 rings (SSSR count). The Morgan fingerprint density at radius 1 is 1.39 bits per heavy atom. The number of aliphatic hydroxyl groups excluding tert-OH is 1. The highest BCUT2D eigenvalue weighted by molar-refractivity contribution is 9.10. The van der Waals surface area contributed by atoms with Crippen molar-refractivity contribution in [3.05, 3.63) is 33.8 Å². The van der Waals surface area contributed by atoms with Gasteiger partial charge in [-0.05, 0) is 50.1 Å². The van der Waals surface area contributed by atoms with Crippen LogP contribution in [0.4, 0.5) is 0 Å². The number of halogens is 1. The van der Waals surface area contributed by atoms with Gasteiger partial charge in [0.25, 0.3) is 0 Å². The zero-order chi connectivity index (χ0) is 13.2. The summed E-state index contributed by atoms with van der Waals surface area (Å²) in [6, 6.07) is 6.43. The van der Waals surface area contributed by atoms with Crippen LogP contribution in [0.25, 0.3) is 0 Å². The Labute approximate surface area is 118 Å². The minimum atomic E-state index is 0.175. The molecule has 1 fully saturated rings. The molecule has 1 aliphatic carbocycles. The minimum absolute atomic E-state index is 0.175. The van der Waals surface area contributed by atoms with Crippen LogP contribution in [0.15, 0.2) is 22.7 Å². The third kappa shape index (κ3) is 3.14. The predicted octanol–water partition coefficient (Wildman–Crippen LogP) is 3.35. The van der Waals surface area contributed by atoms with Crippen LogP contribution in [-0.2, 0) is 6.54 Å². The molecule has 0 spiro atoms. The van der Waals surface area contributed by atoms with Crippen LogP contribution in [0, 0.1) is 12.3 Å². The summed E-state index contributed by atoms with van der Waals surface area (Å²) in [5.41, 5.74) is 2.87. The Bertz CT molecular complexity index is 409. The number of aryl methyl sites for hydroxylation is 1. The molecule has 0 atom stereocenters. The van der Waals surface area contributed by atoms with E-state index in [0.29, 0.717) is 6.61 Å². The number of benzene rings is 1. The lowest BCUT2D eigenvalue weighted by Gasteiger charge is -2.43. The molecule has 1 N–H and O–H groups in total. The van der Waals surface area contributed by atoms with E-state index in [1.165, 1.54) is 30.4 Å². The average molecular weight is 312 g/mol. The third-order valence-electron chi connectivity index (χ3n) is 4.11. The molecule has 1 aromatic carbocycles. The van der Waals surface area contributed by atoms with E-state index in [1.54, 1.807) is 0 Å². The highest BCUT2D eigenvalue weighted by atomic mass is 79.9. The molecule has 0 heterocycles. The zero-order valence-corrected chi connectivity index (χ0v) is 12.8. The summed E-state index contributed by atoms with van der Waals surface area (Å²) in [6.07, 6.45) is 3.61. The van der Waals surface area contributed by atoms with Crippen molar-refractivity contribution in [1.29, 1.82) is 0 Å². The minimum Gasteiger partial charge on any atom is -0.396 e. The Hall–Kier alpha value is -0.380. The van der Waals surface area contributed by atoms with Gasteiger partial charge in [-0.3, -0.25) is 0 Å². The van der Waals surface area contributed by atoms with Gasteiger partial charge in [-0.25, -0.2) is 0 Å². The van der Waals surface area contributed by atoms with E-state index < -0.39 is 0 Å². The zero-order valence-electron chi connectivity index (χ0n) is 11.2. The van der Waals surface area contributed by atoms with E-state index in [4.69, 9.17) is 0 Å². The number of nitrogens with zero attached hydrogens (tertiary/aromatic N) is 1. The summed E-state index contributed by atoms with van der Waals surface area (Å²) < 4.78 is 1.14. The topological polar surface area (TPSA) is 23.5 Å². The van der Waals surface area contributed by atoms with Crippen LogP contribution >= 0.6 is 15.9 Å². The number of hydrogen-bond donors (Lipinski definition) is 1. The molecule has 1 saturated carbocycles. The molecular formula is C15H22BrNO. The first kappa shape index (κ1) is 14.0. The lowest BCUT2D eigenvalue weighted by molar-refractivity contribution is 0.0127. The SMILES string of the molecule is Cc1ccc(Br)cc1CN(C)CC1(CO)CCC1.